The Bertz CT molecular complexity index is 1000. The Labute approximate surface area is 189 Å². The van der Waals surface area contributed by atoms with Gasteiger partial charge in [0.1, 0.15) is 0 Å². The standard InChI is InChI=1S/C25H32N2O5/c1-29-20-15-17-6-7-27(9-8-26-10-12-32-13-11-26)18-14-16-4-5-19(28)24(30-2)22(16)23(21(17)18)25(20)31-3/h4-5,15,18,28H,6-14H2,1-3H3. The summed E-state index contributed by atoms with van der Waals surface area (Å²) in [5, 5.41) is 10.5. The SMILES string of the molecule is COc1cc2c3c(c1OC)-c1c(ccc(O)c1OC)CC3N(CCN1CCOCC1)CC2. The molecule has 0 amide bonds. The molecule has 5 rings (SSSR count). The second-order valence-corrected chi connectivity index (χ2v) is 8.67. The number of benzene rings is 2. The molecule has 0 spiro atoms. The van der Waals surface area contributed by atoms with E-state index in [9.17, 15) is 5.11 Å². The smallest absolute Gasteiger partial charge is 0.169 e. The first-order valence-electron chi connectivity index (χ1n) is 11.4. The maximum atomic E-state index is 10.5. The molecule has 1 unspecified atom stereocenters. The van der Waals surface area contributed by atoms with Gasteiger partial charge in [0, 0.05) is 49.9 Å². The summed E-state index contributed by atoms with van der Waals surface area (Å²) in [6.07, 6.45) is 1.84. The minimum absolute atomic E-state index is 0.142. The Morgan fingerprint density at radius 1 is 0.938 bits per heavy atom. The summed E-state index contributed by atoms with van der Waals surface area (Å²) in [5.74, 6) is 2.07. The predicted octanol–water partition coefficient (Wildman–Crippen LogP) is 2.87. The number of ether oxygens (including phenoxy) is 4. The predicted molar refractivity (Wildman–Crippen MR) is 122 cm³/mol. The Balaban J connectivity index is 1.60. The Morgan fingerprint density at radius 2 is 1.72 bits per heavy atom. The molecule has 0 bridgehead atoms. The van der Waals surface area contributed by atoms with Crippen molar-refractivity contribution in [3.05, 3.63) is 34.9 Å². The molecule has 2 aromatic rings. The molecule has 1 aliphatic carbocycles. The Hall–Kier alpha value is -2.48. The summed E-state index contributed by atoms with van der Waals surface area (Å²) in [5.41, 5.74) is 5.66. The lowest BCUT2D eigenvalue weighted by Gasteiger charge is -2.43. The van der Waals surface area contributed by atoms with Crippen molar-refractivity contribution in [1.82, 2.24) is 9.80 Å². The topological polar surface area (TPSA) is 63.6 Å². The molecule has 32 heavy (non-hydrogen) atoms. The van der Waals surface area contributed by atoms with Gasteiger partial charge in [-0.3, -0.25) is 9.80 Å². The first kappa shape index (κ1) is 21.4. The van der Waals surface area contributed by atoms with Crippen LogP contribution in [0.3, 0.4) is 0 Å². The molecule has 0 saturated carbocycles. The van der Waals surface area contributed by atoms with Gasteiger partial charge < -0.3 is 24.1 Å². The number of hydrogen-bond donors (Lipinski definition) is 1. The first-order valence-corrected chi connectivity index (χ1v) is 11.4. The molecule has 1 atom stereocenters. The molecule has 0 aromatic heterocycles. The van der Waals surface area contributed by atoms with E-state index in [2.05, 4.69) is 15.9 Å². The molecule has 1 N–H and O–H groups in total. The number of rotatable bonds is 6. The highest BCUT2D eigenvalue weighted by Gasteiger charge is 2.39. The van der Waals surface area contributed by atoms with Crippen LogP contribution in [-0.4, -0.2) is 82.2 Å². The van der Waals surface area contributed by atoms with Crippen molar-refractivity contribution in [2.45, 2.75) is 18.9 Å². The second-order valence-electron chi connectivity index (χ2n) is 8.67. The van der Waals surface area contributed by atoms with Gasteiger partial charge in [-0.1, -0.05) is 6.07 Å². The van der Waals surface area contributed by atoms with Crippen molar-refractivity contribution >= 4 is 0 Å². The van der Waals surface area contributed by atoms with Gasteiger partial charge >= 0.3 is 0 Å². The highest BCUT2D eigenvalue weighted by Crippen LogP contribution is 2.56. The van der Waals surface area contributed by atoms with Gasteiger partial charge in [-0.25, -0.2) is 0 Å². The zero-order chi connectivity index (χ0) is 22.2. The van der Waals surface area contributed by atoms with Gasteiger partial charge in [0.15, 0.2) is 23.0 Å². The van der Waals surface area contributed by atoms with Crippen molar-refractivity contribution in [2.24, 2.45) is 0 Å². The molecular formula is C25H32N2O5. The summed E-state index contributed by atoms with van der Waals surface area (Å²) in [4.78, 5) is 5.10. The lowest BCUT2D eigenvalue weighted by Crippen LogP contribution is -2.45. The number of aromatic hydroxyl groups is 1. The van der Waals surface area contributed by atoms with Crippen LogP contribution in [0.1, 0.15) is 22.7 Å². The molecule has 1 saturated heterocycles. The number of nitrogens with zero attached hydrogens (tertiary/aromatic N) is 2. The van der Waals surface area contributed by atoms with E-state index >= 15 is 0 Å². The average Bonchev–Trinajstić information content (AvgIpc) is 2.83. The lowest BCUT2D eigenvalue weighted by molar-refractivity contribution is 0.0300. The summed E-state index contributed by atoms with van der Waals surface area (Å²) < 4.78 is 22.8. The molecule has 1 fully saturated rings. The van der Waals surface area contributed by atoms with Crippen LogP contribution in [0.15, 0.2) is 18.2 Å². The van der Waals surface area contributed by atoms with Crippen molar-refractivity contribution in [1.29, 1.82) is 0 Å². The lowest BCUT2D eigenvalue weighted by atomic mass is 9.76. The number of fused-ring (bicyclic) bond motifs is 2. The molecular weight excluding hydrogens is 408 g/mol. The third-order valence-electron chi connectivity index (χ3n) is 7.14. The summed E-state index contributed by atoms with van der Waals surface area (Å²) in [7, 11) is 4.96. The van der Waals surface area contributed by atoms with E-state index in [0.717, 1.165) is 81.2 Å². The second kappa shape index (κ2) is 8.81. The quantitative estimate of drug-likeness (QED) is 0.741. The maximum absolute atomic E-state index is 10.5. The summed E-state index contributed by atoms with van der Waals surface area (Å²) >= 11 is 0. The summed E-state index contributed by atoms with van der Waals surface area (Å²) in [6.45, 7) is 6.73. The van der Waals surface area contributed by atoms with E-state index in [1.54, 1.807) is 27.4 Å². The van der Waals surface area contributed by atoms with Crippen molar-refractivity contribution in [2.75, 3.05) is 67.3 Å². The van der Waals surface area contributed by atoms with Crippen LogP contribution in [0, 0.1) is 0 Å². The van der Waals surface area contributed by atoms with Crippen LogP contribution in [0.2, 0.25) is 0 Å². The maximum Gasteiger partial charge on any atom is 0.169 e. The zero-order valence-electron chi connectivity index (χ0n) is 19.1. The Morgan fingerprint density at radius 3 is 2.44 bits per heavy atom. The van der Waals surface area contributed by atoms with Gasteiger partial charge in [-0.05, 0) is 41.7 Å². The molecule has 7 nitrogen and oxygen atoms in total. The van der Waals surface area contributed by atoms with E-state index in [1.807, 2.05) is 6.07 Å². The van der Waals surface area contributed by atoms with E-state index in [0.29, 0.717) is 11.5 Å². The Kier molecular flexibility index (Phi) is 5.88. The zero-order valence-corrected chi connectivity index (χ0v) is 19.1. The fraction of sp³-hybridized carbons (Fsp3) is 0.520. The molecule has 2 heterocycles. The van der Waals surface area contributed by atoms with E-state index in [-0.39, 0.29) is 11.8 Å². The van der Waals surface area contributed by atoms with Crippen LogP contribution in [0.5, 0.6) is 23.0 Å². The van der Waals surface area contributed by atoms with Crippen LogP contribution in [0.4, 0.5) is 0 Å². The van der Waals surface area contributed by atoms with E-state index in [4.69, 9.17) is 18.9 Å². The fourth-order valence-electron chi connectivity index (χ4n) is 5.57. The van der Waals surface area contributed by atoms with Crippen molar-refractivity contribution in [3.8, 4) is 34.1 Å². The molecule has 3 aliphatic rings. The largest absolute Gasteiger partial charge is 0.504 e. The van der Waals surface area contributed by atoms with Gasteiger partial charge in [0.05, 0.1) is 34.5 Å². The average molecular weight is 441 g/mol. The van der Waals surface area contributed by atoms with Crippen LogP contribution >= 0.6 is 0 Å². The van der Waals surface area contributed by atoms with Crippen molar-refractivity contribution in [3.63, 3.8) is 0 Å². The number of methoxy groups -OCH3 is 3. The molecule has 172 valence electrons. The summed E-state index contributed by atoms with van der Waals surface area (Å²) in [6, 6.07) is 6.14. The highest BCUT2D eigenvalue weighted by molar-refractivity contribution is 5.88. The van der Waals surface area contributed by atoms with Crippen molar-refractivity contribution < 1.29 is 24.1 Å². The molecule has 2 aromatic carbocycles. The third-order valence-corrected chi connectivity index (χ3v) is 7.14. The molecule has 7 heteroatoms. The van der Waals surface area contributed by atoms with Crippen LogP contribution < -0.4 is 14.2 Å². The number of morpholine rings is 1. The van der Waals surface area contributed by atoms with Gasteiger partial charge in [-0.2, -0.15) is 0 Å². The number of hydrogen-bond acceptors (Lipinski definition) is 7. The van der Waals surface area contributed by atoms with Crippen LogP contribution in [0.25, 0.3) is 11.1 Å². The van der Waals surface area contributed by atoms with Gasteiger partial charge in [0.25, 0.3) is 0 Å². The van der Waals surface area contributed by atoms with E-state index in [1.165, 1.54) is 11.1 Å². The van der Waals surface area contributed by atoms with Gasteiger partial charge in [0.2, 0.25) is 0 Å². The highest BCUT2D eigenvalue weighted by atomic mass is 16.5. The number of phenols is 1. The van der Waals surface area contributed by atoms with Crippen LogP contribution in [-0.2, 0) is 17.6 Å². The monoisotopic (exact) mass is 440 g/mol. The van der Waals surface area contributed by atoms with Gasteiger partial charge in [-0.15, -0.1) is 0 Å². The fourth-order valence-corrected chi connectivity index (χ4v) is 5.57. The minimum Gasteiger partial charge on any atom is -0.504 e. The normalized spacial score (nSPS) is 20.4. The molecule has 0 radical (unpaired) electrons. The third kappa shape index (κ3) is 3.49. The van der Waals surface area contributed by atoms with E-state index < -0.39 is 0 Å². The minimum atomic E-state index is 0.142. The first-order chi connectivity index (χ1) is 15.7. The number of phenolic OH excluding ortho intramolecular Hbond substituents is 1. The molecule has 2 aliphatic heterocycles.